The van der Waals surface area contributed by atoms with Gasteiger partial charge in [0, 0.05) is 24.3 Å². The Morgan fingerprint density at radius 3 is 2.41 bits per heavy atom. The van der Waals surface area contributed by atoms with Gasteiger partial charge in [0.05, 0.1) is 0 Å². The van der Waals surface area contributed by atoms with Crippen molar-refractivity contribution in [1.29, 1.82) is 0 Å². The maximum Gasteiger partial charge on any atom is 0.275 e. The lowest BCUT2D eigenvalue weighted by molar-refractivity contribution is 0.0707. The van der Waals surface area contributed by atoms with E-state index in [1.807, 2.05) is 56.3 Å². The number of carbonyl (C=O) groups is 1. The van der Waals surface area contributed by atoms with E-state index in [1.165, 1.54) is 11.3 Å². The Balaban J connectivity index is 0.00000102. The van der Waals surface area contributed by atoms with Crippen LogP contribution in [0.3, 0.4) is 0 Å². The topological polar surface area (TPSA) is 52.6 Å². The molecule has 1 aliphatic rings. The molecule has 4 heteroatoms. The molecule has 1 aliphatic heterocycles. The third kappa shape index (κ3) is 3.86. The number of benzene rings is 3. The molecule has 0 spiro atoms. The van der Waals surface area contributed by atoms with Crippen LogP contribution in [0.2, 0.25) is 0 Å². The van der Waals surface area contributed by atoms with Gasteiger partial charge in [-0.2, -0.15) is 0 Å². The van der Waals surface area contributed by atoms with Gasteiger partial charge in [-0.3, -0.25) is 10.0 Å². The largest absolute Gasteiger partial charge is 0.363 e. The third-order valence-electron chi connectivity index (χ3n) is 4.58. The molecule has 1 heterocycles. The molecular weight excluding hydrogens is 336 g/mol. The van der Waals surface area contributed by atoms with Gasteiger partial charge >= 0.3 is 0 Å². The fraction of sp³-hybridized carbons (Fsp3) is 0.174. The quantitative estimate of drug-likeness (QED) is 0.507. The smallest absolute Gasteiger partial charge is 0.275 e. The Morgan fingerprint density at radius 1 is 1.00 bits per heavy atom. The number of anilines is 1. The van der Waals surface area contributed by atoms with E-state index < -0.39 is 5.91 Å². The molecule has 0 radical (unpaired) electrons. The first-order valence-electron chi connectivity index (χ1n) is 9.22. The van der Waals surface area contributed by atoms with Crippen LogP contribution in [0.25, 0.3) is 11.1 Å². The van der Waals surface area contributed by atoms with Crippen LogP contribution >= 0.6 is 0 Å². The van der Waals surface area contributed by atoms with Crippen molar-refractivity contribution < 1.29 is 10.0 Å². The summed E-state index contributed by atoms with van der Waals surface area (Å²) in [6.07, 6.45) is 0. The second-order valence-electron chi connectivity index (χ2n) is 6.17. The molecule has 2 N–H and O–H groups in total. The molecule has 4 rings (SSSR count). The molecule has 0 atom stereocenters. The summed E-state index contributed by atoms with van der Waals surface area (Å²) in [5.41, 5.74) is 7.72. The Bertz CT molecular complexity index is 923. The summed E-state index contributed by atoms with van der Waals surface area (Å²) in [6.45, 7) is 5.73. The van der Waals surface area contributed by atoms with Crippen molar-refractivity contribution in [1.82, 2.24) is 5.48 Å². The maximum absolute atomic E-state index is 12.0. The fourth-order valence-electron chi connectivity index (χ4n) is 3.32. The fourth-order valence-corrected chi connectivity index (χ4v) is 3.32. The number of nitrogens with zero attached hydrogens (tertiary/aromatic N) is 1. The van der Waals surface area contributed by atoms with Crippen LogP contribution in [0.5, 0.6) is 0 Å². The lowest BCUT2D eigenvalue weighted by Crippen LogP contribution is -2.31. The SMILES string of the molecule is CC.O=C(NO)c1ccc(CN2Cc3ccccc32)cc1-c1ccccc1. The van der Waals surface area contributed by atoms with E-state index in [-0.39, 0.29) is 0 Å². The molecule has 0 bridgehead atoms. The van der Waals surface area contributed by atoms with E-state index in [2.05, 4.69) is 29.2 Å². The molecule has 0 saturated carbocycles. The van der Waals surface area contributed by atoms with Crippen LogP contribution in [0.1, 0.15) is 35.3 Å². The highest BCUT2D eigenvalue weighted by Crippen LogP contribution is 2.34. The standard InChI is InChI=1S/C21H18N2O2.C2H6/c24-21(22-25)18-11-10-15(12-19(18)16-6-2-1-3-7-16)13-23-14-17-8-4-5-9-20(17)23;1-2/h1-12,25H,13-14H2,(H,22,24);1-2H3. The van der Waals surface area contributed by atoms with E-state index in [0.29, 0.717) is 5.56 Å². The van der Waals surface area contributed by atoms with Gasteiger partial charge in [-0.1, -0.05) is 68.4 Å². The Kier molecular flexibility index (Phi) is 5.89. The molecule has 0 aliphatic carbocycles. The number of para-hydroxylation sites is 1. The van der Waals surface area contributed by atoms with Crippen LogP contribution in [0.15, 0.2) is 72.8 Å². The van der Waals surface area contributed by atoms with Crippen molar-refractivity contribution in [2.75, 3.05) is 4.90 Å². The Morgan fingerprint density at radius 2 is 1.70 bits per heavy atom. The number of hydroxylamine groups is 1. The van der Waals surface area contributed by atoms with Crippen molar-refractivity contribution >= 4 is 11.6 Å². The summed E-state index contributed by atoms with van der Waals surface area (Å²) in [6, 6.07) is 23.9. The van der Waals surface area contributed by atoms with Gasteiger partial charge in [-0.05, 0) is 40.5 Å². The number of fused-ring (bicyclic) bond motifs is 1. The monoisotopic (exact) mass is 360 g/mol. The maximum atomic E-state index is 12.0. The summed E-state index contributed by atoms with van der Waals surface area (Å²) in [4.78, 5) is 14.3. The van der Waals surface area contributed by atoms with Gasteiger partial charge in [0.25, 0.3) is 5.91 Å². The minimum absolute atomic E-state index is 0.460. The van der Waals surface area contributed by atoms with E-state index in [0.717, 1.165) is 29.8 Å². The zero-order valence-electron chi connectivity index (χ0n) is 15.6. The molecule has 138 valence electrons. The third-order valence-corrected chi connectivity index (χ3v) is 4.58. The first kappa shape index (κ1) is 18.7. The minimum atomic E-state index is -0.500. The van der Waals surface area contributed by atoms with Crippen molar-refractivity contribution in [3.05, 3.63) is 89.5 Å². The number of hydrogen-bond acceptors (Lipinski definition) is 3. The van der Waals surface area contributed by atoms with Gasteiger partial charge in [0.2, 0.25) is 0 Å². The zero-order valence-corrected chi connectivity index (χ0v) is 15.6. The molecule has 3 aromatic carbocycles. The average molecular weight is 360 g/mol. The van der Waals surface area contributed by atoms with E-state index in [1.54, 1.807) is 11.5 Å². The van der Waals surface area contributed by atoms with E-state index >= 15 is 0 Å². The summed E-state index contributed by atoms with van der Waals surface area (Å²) >= 11 is 0. The number of rotatable bonds is 4. The van der Waals surface area contributed by atoms with E-state index in [9.17, 15) is 4.79 Å². The normalized spacial score (nSPS) is 11.6. The van der Waals surface area contributed by atoms with Crippen molar-refractivity contribution in [2.45, 2.75) is 26.9 Å². The molecule has 0 saturated heterocycles. The molecular formula is C23H24N2O2. The molecule has 0 fully saturated rings. The summed E-state index contributed by atoms with van der Waals surface area (Å²) in [7, 11) is 0. The highest BCUT2D eigenvalue weighted by Gasteiger charge is 2.22. The molecule has 4 nitrogen and oxygen atoms in total. The lowest BCUT2D eigenvalue weighted by Gasteiger charge is -2.36. The second kappa shape index (κ2) is 8.52. The lowest BCUT2D eigenvalue weighted by atomic mass is 9.95. The number of amides is 1. The van der Waals surface area contributed by atoms with Crippen LogP contribution in [0.4, 0.5) is 5.69 Å². The van der Waals surface area contributed by atoms with Gasteiger partial charge in [0.1, 0.15) is 0 Å². The Hall–Kier alpha value is -3.11. The van der Waals surface area contributed by atoms with Crippen LogP contribution < -0.4 is 10.4 Å². The molecule has 0 unspecified atom stereocenters. The van der Waals surface area contributed by atoms with Crippen molar-refractivity contribution in [3.63, 3.8) is 0 Å². The van der Waals surface area contributed by atoms with Gasteiger partial charge in [-0.25, -0.2) is 5.48 Å². The van der Waals surface area contributed by atoms with Crippen molar-refractivity contribution in [3.8, 4) is 11.1 Å². The second-order valence-corrected chi connectivity index (χ2v) is 6.17. The molecule has 0 aromatic heterocycles. The molecule has 1 amide bonds. The first-order valence-corrected chi connectivity index (χ1v) is 9.22. The van der Waals surface area contributed by atoms with Crippen molar-refractivity contribution in [2.24, 2.45) is 0 Å². The summed E-state index contributed by atoms with van der Waals surface area (Å²) in [5.74, 6) is -0.500. The highest BCUT2D eigenvalue weighted by molar-refractivity contribution is 6.00. The van der Waals surface area contributed by atoms with Gasteiger partial charge < -0.3 is 4.90 Å². The summed E-state index contributed by atoms with van der Waals surface area (Å²) < 4.78 is 0. The predicted octanol–water partition coefficient (Wildman–Crippen LogP) is 5.02. The summed E-state index contributed by atoms with van der Waals surface area (Å²) in [5, 5.41) is 9.02. The van der Waals surface area contributed by atoms with Crippen LogP contribution in [-0.2, 0) is 13.1 Å². The highest BCUT2D eigenvalue weighted by atomic mass is 16.5. The average Bonchev–Trinajstić information content (AvgIpc) is 2.73. The molecule has 27 heavy (non-hydrogen) atoms. The Labute approximate surface area is 160 Å². The van der Waals surface area contributed by atoms with Crippen LogP contribution in [0, 0.1) is 0 Å². The van der Waals surface area contributed by atoms with E-state index in [4.69, 9.17) is 5.21 Å². The van der Waals surface area contributed by atoms with Gasteiger partial charge in [0.15, 0.2) is 0 Å². The van der Waals surface area contributed by atoms with Crippen LogP contribution in [-0.4, -0.2) is 11.1 Å². The first-order chi connectivity index (χ1) is 13.3. The number of hydrogen-bond donors (Lipinski definition) is 2. The predicted molar refractivity (Wildman–Crippen MR) is 109 cm³/mol. The minimum Gasteiger partial charge on any atom is -0.363 e. The molecule has 3 aromatic rings. The zero-order chi connectivity index (χ0) is 19.2. The van der Waals surface area contributed by atoms with Gasteiger partial charge in [-0.15, -0.1) is 0 Å². The number of nitrogens with one attached hydrogen (secondary N) is 1. The number of carbonyl (C=O) groups excluding carboxylic acids is 1.